The second-order valence-corrected chi connectivity index (χ2v) is 8.41. The highest BCUT2D eigenvalue weighted by Crippen LogP contribution is 2.38. The first-order valence-corrected chi connectivity index (χ1v) is 11.0. The summed E-state index contributed by atoms with van der Waals surface area (Å²) in [6.45, 7) is -0.649. The number of hydrogen-bond acceptors (Lipinski definition) is 4. The summed E-state index contributed by atoms with van der Waals surface area (Å²) in [6, 6.07) is 14.0. The van der Waals surface area contributed by atoms with Gasteiger partial charge in [0.2, 0.25) is 0 Å². The smallest absolute Gasteiger partial charge is 0.416 e. The van der Waals surface area contributed by atoms with Crippen molar-refractivity contribution >= 4 is 16.9 Å². The SMILES string of the molecule is COc1ccccc1-c1c(C(=O)N(C)Cc2cc(C(F)(F)F)cc(C(F)(F)F)c2)c(=O)oc2ccccc12. The van der Waals surface area contributed by atoms with E-state index in [0.717, 1.165) is 11.9 Å². The van der Waals surface area contributed by atoms with Crippen molar-refractivity contribution in [1.82, 2.24) is 4.90 Å². The highest BCUT2D eigenvalue weighted by Gasteiger charge is 2.37. The largest absolute Gasteiger partial charge is 0.496 e. The van der Waals surface area contributed by atoms with E-state index in [1.54, 1.807) is 42.5 Å². The quantitative estimate of drug-likeness (QED) is 0.209. The molecule has 11 heteroatoms. The molecule has 1 aromatic heterocycles. The number of rotatable bonds is 5. The Hall–Kier alpha value is -4.28. The van der Waals surface area contributed by atoms with Crippen LogP contribution in [-0.2, 0) is 18.9 Å². The van der Waals surface area contributed by atoms with Crippen LogP contribution in [0.2, 0.25) is 0 Å². The minimum Gasteiger partial charge on any atom is -0.496 e. The van der Waals surface area contributed by atoms with Crippen LogP contribution in [-0.4, -0.2) is 25.0 Å². The highest BCUT2D eigenvalue weighted by molar-refractivity contribution is 6.08. The molecular formula is C27H19F6NO4. The number of amides is 1. The predicted molar refractivity (Wildman–Crippen MR) is 127 cm³/mol. The van der Waals surface area contributed by atoms with E-state index in [1.165, 1.54) is 13.2 Å². The minimum absolute atomic E-state index is 0.00304. The van der Waals surface area contributed by atoms with Gasteiger partial charge in [0.1, 0.15) is 16.9 Å². The molecule has 0 aliphatic carbocycles. The van der Waals surface area contributed by atoms with Gasteiger partial charge in [-0.15, -0.1) is 0 Å². The van der Waals surface area contributed by atoms with Crippen LogP contribution >= 0.6 is 0 Å². The van der Waals surface area contributed by atoms with Crippen LogP contribution in [0.15, 0.2) is 75.9 Å². The topological polar surface area (TPSA) is 59.8 Å². The molecule has 0 saturated heterocycles. The summed E-state index contributed by atoms with van der Waals surface area (Å²) in [5, 5.41) is 0.381. The van der Waals surface area contributed by atoms with Crippen molar-refractivity contribution in [3.63, 3.8) is 0 Å². The zero-order chi connectivity index (χ0) is 27.8. The molecule has 0 fully saturated rings. The Kier molecular flexibility index (Phi) is 6.96. The number of carbonyl (C=O) groups excluding carboxylic acids is 1. The molecule has 0 unspecified atom stereocenters. The lowest BCUT2D eigenvalue weighted by Crippen LogP contribution is -2.31. The third kappa shape index (κ3) is 5.22. The lowest BCUT2D eigenvalue weighted by Gasteiger charge is -2.21. The minimum atomic E-state index is -5.05. The van der Waals surface area contributed by atoms with Crippen molar-refractivity contribution in [2.24, 2.45) is 0 Å². The van der Waals surface area contributed by atoms with E-state index < -0.39 is 52.7 Å². The number of halogens is 6. The fraction of sp³-hybridized carbons (Fsp3) is 0.185. The van der Waals surface area contributed by atoms with Gasteiger partial charge in [-0.05, 0) is 35.9 Å². The summed E-state index contributed by atoms with van der Waals surface area (Å²) in [5.41, 5.74) is -4.22. The molecule has 0 N–H and O–H groups in total. The van der Waals surface area contributed by atoms with Crippen molar-refractivity contribution in [3.05, 3.63) is 99.4 Å². The Morgan fingerprint density at radius 2 is 1.47 bits per heavy atom. The van der Waals surface area contributed by atoms with E-state index in [-0.39, 0.29) is 17.2 Å². The Bertz CT molecular complexity index is 1540. The van der Waals surface area contributed by atoms with Crippen LogP contribution < -0.4 is 10.4 Å². The molecule has 1 amide bonds. The first-order chi connectivity index (χ1) is 17.8. The Morgan fingerprint density at radius 3 is 2.08 bits per heavy atom. The molecule has 5 nitrogen and oxygen atoms in total. The summed E-state index contributed by atoms with van der Waals surface area (Å²) < 4.78 is 90.5. The van der Waals surface area contributed by atoms with E-state index in [1.807, 2.05) is 0 Å². The maximum absolute atomic E-state index is 13.6. The van der Waals surface area contributed by atoms with Gasteiger partial charge in [-0.2, -0.15) is 26.3 Å². The summed E-state index contributed by atoms with van der Waals surface area (Å²) in [4.78, 5) is 27.5. The van der Waals surface area contributed by atoms with Gasteiger partial charge in [0.15, 0.2) is 0 Å². The van der Waals surface area contributed by atoms with Crippen molar-refractivity contribution in [2.45, 2.75) is 18.9 Å². The Morgan fingerprint density at radius 1 is 0.895 bits per heavy atom. The van der Waals surface area contributed by atoms with Crippen molar-refractivity contribution in [3.8, 4) is 16.9 Å². The first kappa shape index (κ1) is 26.8. The number of methoxy groups -OCH3 is 1. The van der Waals surface area contributed by atoms with Crippen molar-refractivity contribution in [1.29, 1.82) is 0 Å². The number of hydrogen-bond donors (Lipinski definition) is 0. The molecule has 0 spiro atoms. The average Bonchev–Trinajstić information content (AvgIpc) is 2.86. The molecule has 38 heavy (non-hydrogen) atoms. The van der Waals surface area contributed by atoms with Gasteiger partial charge in [0.05, 0.1) is 18.2 Å². The fourth-order valence-corrected chi connectivity index (χ4v) is 4.12. The highest BCUT2D eigenvalue weighted by atomic mass is 19.4. The number of fused-ring (bicyclic) bond motifs is 1. The lowest BCUT2D eigenvalue weighted by molar-refractivity contribution is -0.143. The molecule has 0 aliphatic rings. The molecule has 3 aromatic carbocycles. The van der Waals surface area contributed by atoms with Gasteiger partial charge in [0.25, 0.3) is 5.91 Å². The molecule has 4 rings (SSSR count). The van der Waals surface area contributed by atoms with Gasteiger partial charge < -0.3 is 14.1 Å². The molecule has 0 bridgehead atoms. The monoisotopic (exact) mass is 535 g/mol. The molecule has 1 heterocycles. The summed E-state index contributed by atoms with van der Waals surface area (Å²) in [5.74, 6) is -0.635. The van der Waals surface area contributed by atoms with Gasteiger partial charge in [0, 0.05) is 30.1 Å². The van der Waals surface area contributed by atoms with Gasteiger partial charge in [-0.1, -0.05) is 36.4 Å². The van der Waals surface area contributed by atoms with Gasteiger partial charge in [-0.25, -0.2) is 4.79 Å². The van der Waals surface area contributed by atoms with Gasteiger partial charge >= 0.3 is 18.0 Å². The third-order valence-electron chi connectivity index (χ3n) is 5.82. The van der Waals surface area contributed by atoms with E-state index in [9.17, 15) is 35.9 Å². The zero-order valence-electron chi connectivity index (χ0n) is 19.9. The predicted octanol–water partition coefficient (Wildman–Crippen LogP) is 6.78. The molecule has 0 atom stereocenters. The number of alkyl halides is 6. The van der Waals surface area contributed by atoms with Crippen LogP contribution in [0, 0.1) is 0 Å². The summed E-state index contributed by atoms with van der Waals surface area (Å²) >= 11 is 0. The van der Waals surface area contributed by atoms with E-state index >= 15 is 0 Å². The zero-order valence-corrected chi connectivity index (χ0v) is 19.9. The molecular weight excluding hydrogens is 516 g/mol. The van der Waals surface area contributed by atoms with Crippen LogP contribution in [0.1, 0.15) is 27.0 Å². The van der Waals surface area contributed by atoms with E-state index in [2.05, 4.69) is 0 Å². The van der Waals surface area contributed by atoms with Crippen LogP contribution in [0.4, 0.5) is 26.3 Å². The molecule has 0 saturated carbocycles. The van der Waals surface area contributed by atoms with E-state index in [0.29, 0.717) is 28.8 Å². The normalized spacial score (nSPS) is 12.0. The standard InChI is InChI=1S/C27H19F6NO4/c1-34(14-15-11-16(26(28,29)30)13-17(12-15)27(31,32)33)24(35)23-22(18-7-3-5-9-20(18)37-2)19-8-4-6-10-21(19)38-25(23)36/h3-13H,14H2,1-2H3. The Labute approximate surface area is 211 Å². The van der Waals surface area contributed by atoms with Crippen LogP contribution in [0.3, 0.4) is 0 Å². The maximum Gasteiger partial charge on any atom is 0.416 e. The summed E-state index contributed by atoms with van der Waals surface area (Å²) in [6.07, 6.45) is -10.1. The molecule has 4 aromatic rings. The maximum atomic E-state index is 13.6. The molecule has 0 radical (unpaired) electrons. The number of nitrogens with zero attached hydrogens (tertiary/aromatic N) is 1. The van der Waals surface area contributed by atoms with Crippen molar-refractivity contribution < 1.29 is 40.3 Å². The second kappa shape index (κ2) is 9.88. The van der Waals surface area contributed by atoms with Crippen LogP contribution in [0.25, 0.3) is 22.1 Å². The number of carbonyl (C=O) groups is 1. The average molecular weight is 535 g/mol. The van der Waals surface area contributed by atoms with Crippen molar-refractivity contribution in [2.75, 3.05) is 14.2 Å². The van der Waals surface area contributed by atoms with Gasteiger partial charge in [-0.3, -0.25) is 4.79 Å². The fourth-order valence-electron chi connectivity index (χ4n) is 4.12. The number of para-hydroxylation sites is 2. The first-order valence-electron chi connectivity index (χ1n) is 11.0. The lowest BCUT2D eigenvalue weighted by atomic mass is 9.95. The summed E-state index contributed by atoms with van der Waals surface area (Å²) in [7, 11) is 2.56. The van der Waals surface area contributed by atoms with Crippen LogP contribution in [0.5, 0.6) is 5.75 Å². The molecule has 0 aliphatic heterocycles. The number of benzene rings is 3. The third-order valence-corrected chi connectivity index (χ3v) is 5.82. The number of ether oxygens (including phenoxy) is 1. The Balaban J connectivity index is 1.85. The van der Waals surface area contributed by atoms with E-state index in [4.69, 9.17) is 9.15 Å². The second-order valence-electron chi connectivity index (χ2n) is 8.41. The molecule has 198 valence electrons.